The van der Waals surface area contributed by atoms with Gasteiger partial charge in [0.2, 0.25) is 0 Å². The topological polar surface area (TPSA) is 0 Å². The Balaban J connectivity index is 0. The van der Waals surface area contributed by atoms with Gasteiger partial charge in [0.15, 0.2) is 0 Å². The van der Waals surface area contributed by atoms with E-state index >= 15 is 0 Å². The van der Waals surface area contributed by atoms with Crippen LogP contribution in [0.25, 0.3) is 0 Å². The van der Waals surface area contributed by atoms with Crippen LogP contribution in [-0.4, -0.2) is 37.8 Å². The van der Waals surface area contributed by atoms with Crippen LogP contribution in [0.5, 0.6) is 0 Å². The van der Waals surface area contributed by atoms with Gasteiger partial charge in [0.1, 0.15) is 0 Å². The molecule has 0 aromatic carbocycles. The average Bonchev–Trinajstić information content (AvgIpc) is 2.43. The van der Waals surface area contributed by atoms with E-state index in [-0.39, 0.29) is 18.9 Å². The van der Waals surface area contributed by atoms with Crippen LogP contribution in [-0.2, 0) is 0 Å². The summed E-state index contributed by atoms with van der Waals surface area (Å²) in [6.07, 6.45) is 0. The van der Waals surface area contributed by atoms with Gasteiger partial charge in [-0.1, -0.05) is 154 Å². The van der Waals surface area contributed by atoms with Crippen molar-refractivity contribution in [2.24, 2.45) is 0 Å². The molecular weight excluding hydrogens is 472 g/mol. The van der Waals surface area contributed by atoms with Gasteiger partial charge in [0.05, 0.1) is 0 Å². The van der Waals surface area contributed by atoms with Crippen LogP contribution in [0.15, 0.2) is 0 Å². The molecule has 192 valence electrons. The summed E-state index contributed by atoms with van der Waals surface area (Å²) >= 11 is 0. The minimum absolute atomic E-state index is 0. The summed E-state index contributed by atoms with van der Waals surface area (Å²) in [5.41, 5.74) is 0. The minimum atomic E-state index is -1.69. The molecule has 33 heavy (non-hydrogen) atoms. The van der Waals surface area contributed by atoms with E-state index in [0.717, 1.165) is 0 Å². The molecule has 0 saturated carbocycles. The first-order valence-corrected chi connectivity index (χ1v) is 27.0. The molecule has 0 bridgehead atoms. The third-order valence-electron chi connectivity index (χ3n) is 10.4. The third kappa shape index (κ3) is 6.40. The fourth-order valence-electron chi connectivity index (χ4n) is 6.25. The second-order valence-corrected chi connectivity index (χ2v) is 55.1. The Morgan fingerprint density at radius 1 is 0.394 bits per heavy atom. The summed E-state index contributed by atoms with van der Waals surface area (Å²) in [6, 6.07) is 0. The van der Waals surface area contributed by atoms with Crippen LogP contribution >= 0.6 is 0 Å². The molecule has 0 heterocycles. The monoisotopic (exact) mass is 534 g/mol. The molecule has 0 spiro atoms. The van der Waals surface area contributed by atoms with Crippen molar-refractivity contribution in [2.75, 3.05) is 0 Å². The zero-order chi connectivity index (χ0) is 26.8. The maximum absolute atomic E-state index is 2.89. The molecule has 0 rings (SSSR count). The smallest absolute Gasteiger partial charge is 0.461 e. The van der Waals surface area contributed by atoms with Gasteiger partial charge in [-0.3, -0.25) is 0 Å². The molecule has 0 nitrogen and oxygen atoms in total. The van der Waals surface area contributed by atoms with E-state index in [0.29, 0.717) is 30.2 Å². The summed E-state index contributed by atoms with van der Waals surface area (Å²) in [5.74, 6) is 0. The van der Waals surface area contributed by atoms with Gasteiger partial charge in [-0.2, -0.15) is 0 Å². The van der Waals surface area contributed by atoms with Gasteiger partial charge in [0, 0.05) is 15.2 Å². The van der Waals surface area contributed by atoms with Crippen molar-refractivity contribution >= 4 is 37.8 Å². The fourth-order valence-corrected chi connectivity index (χ4v) is 115. The Morgan fingerprint density at radius 2 is 0.576 bits per heavy atom. The molecule has 0 saturated heterocycles. The quantitative estimate of drug-likeness (QED) is 0.331. The second kappa shape index (κ2) is 10.1. The Hall–Kier alpha value is 1.68. The summed E-state index contributed by atoms with van der Waals surface area (Å²) < 4.78 is 0. The molecule has 0 atom stereocenters. The summed E-state index contributed by atoms with van der Waals surface area (Å²) in [4.78, 5) is 0. The van der Waals surface area contributed by atoms with E-state index in [1.807, 2.05) is 0 Å². The molecule has 0 aliphatic rings. The molecule has 0 N–H and O–H groups in total. The van der Waals surface area contributed by atoms with E-state index in [1.54, 1.807) is 0 Å². The van der Waals surface area contributed by atoms with E-state index in [9.17, 15) is 0 Å². The van der Waals surface area contributed by atoms with Crippen molar-refractivity contribution in [1.82, 2.24) is 0 Å². The Labute approximate surface area is 230 Å². The molecule has 0 unspecified atom stereocenters. The number of hydrogen-bond donors (Lipinski definition) is 0. The normalized spacial score (nSPS) is 15.8. The number of hydrogen-bond acceptors (Lipinski definition) is 0. The van der Waals surface area contributed by atoms with E-state index in [4.69, 9.17) is 0 Å². The van der Waals surface area contributed by atoms with E-state index in [2.05, 4.69) is 144 Å². The van der Waals surface area contributed by atoms with Gasteiger partial charge in [-0.25, -0.2) is 6.93 Å². The summed E-state index contributed by atoms with van der Waals surface area (Å²) in [6.45, 7) is 55.1. The summed E-state index contributed by atoms with van der Waals surface area (Å²) in [5, 5.41) is 2.53. The maximum atomic E-state index is 2.89. The third-order valence-corrected chi connectivity index (χ3v) is 84.4. The molecule has 0 aliphatic heterocycles. The number of rotatable bonds is 3. The molecule has 0 aliphatic carbocycles. The molecular formula is C27H63LiSi5. The Kier molecular flexibility index (Phi) is 11.3. The molecule has 0 aromatic heterocycles. The predicted octanol–water partition coefficient (Wildman–Crippen LogP) is 7.38. The first kappa shape index (κ1) is 36.8. The zero-order valence-corrected chi connectivity index (χ0v) is 32.5. The van der Waals surface area contributed by atoms with E-state index < -0.39 is 29.7 Å². The molecule has 0 fully saturated rings. The van der Waals surface area contributed by atoms with Gasteiger partial charge >= 0.3 is 18.9 Å². The maximum Gasteiger partial charge on any atom is 1.00 e. The Bertz CT molecular complexity index is 614. The van der Waals surface area contributed by atoms with Crippen LogP contribution in [0.2, 0.25) is 49.9 Å². The summed E-state index contributed by atoms with van der Waals surface area (Å²) in [7, 11) is -3.76. The molecule has 6 heteroatoms. The van der Waals surface area contributed by atoms with Crippen molar-refractivity contribution in [3.8, 4) is 0 Å². The van der Waals surface area contributed by atoms with E-state index in [1.165, 1.54) is 8.13 Å². The van der Waals surface area contributed by atoms with Gasteiger partial charge in [0.25, 0.3) is 0 Å². The van der Waals surface area contributed by atoms with Crippen LogP contribution < -0.4 is 18.9 Å². The van der Waals surface area contributed by atoms with Crippen molar-refractivity contribution < 1.29 is 18.9 Å². The van der Waals surface area contributed by atoms with Crippen molar-refractivity contribution in [2.45, 2.75) is 174 Å². The van der Waals surface area contributed by atoms with Crippen molar-refractivity contribution in [3.63, 3.8) is 0 Å². The molecule has 0 amide bonds. The molecule has 0 aromatic rings. The zero-order valence-electron chi connectivity index (χ0n) is 27.5. The fraction of sp³-hybridized carbons (Fsp3) is 1.00. The van der Waals surface area contributed by atoms with Crippen LogP contribution in [0.4, 0.5) is 0 Å². The van der Waals surface area contributed by atoms with Crippen LogP contribution in [0.1, 0.15) is 125 Å². The first-order chi connectivity index (χ1) is 13.3. The van der Waals surface area contributed by atoms with Crippen LogP contribution in [0, 0.1) is 0 Å². The first-order valence-electron chi connectivity index (χ1n) is 13.0. The largest absolute Gasteiger partial charge is 1.00 e. The van der Waals surface area contributed by atoms with Crippen molar-refractivity contribution in [3.05, 3.63) is 0 Å². The Morgan fingerprint density at radius 3 is 0.697 bits per heavy atom. The van der Waals surface area contributed by atoms with Gasteiger partial charge < -0.3 is 8.13 Å². The van der Waals surface area contributed by atoms with Crippen LogP contribution in [0.3, 0.4) is 0 Å². The molecule has 0 radical (unpaired) electrons. The second-order valence-electron chi connectivity index (χ2n) is 17.4. The standard InChI is InChI=1S/C27H63Si5.Li/c1-22(2,3)30(19,23(4,5)6)28-29(31(20,24(7,8)9)25(10,11)12)32(21,26(13,14)15)27(16,17)18;/h1-21H3;/q-1;+1. The van der Waals surface area contributed by atoms with Crippen molar-refractivity contribution in [1.29, 1.82) is 0 Å². The average molecular weight is 535 g/mol. The predicted molar refractivity (Wildman–Crippen MR) is 165 cm³/mol. The SMILES string of the molecule is CC(C)(C)[Si](C)([Si-]=[Si]([Si](C)(C(C)(C)C)C(C)(C)C)[Si](C)(C(C)(C)C)C(C)(C)C)C(C)(C)C.[Li+]. The minimum Gasteiger partial charge on any atom is -0.461 e. The van der Waals surface area contributed by atoms with Gasteiger partial charge in [-0.05, 0) is 20.2 Å². The van der Waals surface area contributed by atoms with Gasteiger partial charge in [-0.15, -0.1) is 7.59 Å².